The molecule has 3 heteroatoms. The van der Waals surface area contributed by atoms with Crippen LogP contribution in [-0.4, -0.2) is 25.5 Å². The van der Waals surface area contributed by atoms with Gasteiger partial charge in [-0.05, 0) is 0 Å². The molecule has 0 aliphatic rings. The number of nitrogens with zero attached hydrogens (tertiary/aromatic N) is 2. The van der Waals surface area contributed by atoms with E-state index in [4.69, 9.17) is 0 Å². The summed E-state index contributed by atoms with van der Waals surface area (Å²) in [6.45, 7) is 6.01. The first kappa shape index (κ1) is 13.5. The van der Waals surface area contributed by atoms with Crippen LogP contribution in [0.4, 0.5) is 0 Å². The summed E-state index contributed by atoms with van der Waals surface area (Å²) in [6.07, 6.45) is 0. The van der Waals surface area contributed by atoms with Crippen molar-refractivity contribution >= 4 is 11.4 Å². The smallest absolute Gasteiger partial charge is 0.0246 e. The van der Waals surface area contributed by atoms with Crippen molar-refractivity contribution in [2.45, 2.75) is 20.8 Å². The Morgan fingerprint density at radius 2 is 1.27 bits per heavy atom. The Morgan fingerprint density at radius 1 is 1.00 bits per heavy atom. The maximum absolute atomic E-state index is 4.06. The Balaban J connectivity index is 0. The van der Waals surface area contributed by atoms with Crippen LogP contribution in [0.3, 0.4) is 0 Å². The Morgan fingerprint density at radius 3 is 1.45 bits per heavy atom. The molecule has 0 saturated heterocycles. The second kappa shape index (κ2) is 6.57. The predicted molar refractivity (Wildman–Crippen MR) is 47.0 cm³/mol. The van der Waals surface area contributed by atoms with Crippen molar-refractivity contribution < 1.29 is 20.4 Å². The molecule has 0 unspecified atom stereocenters. The molecule has 0 rings (SSSR count). The van der Waals surface area contributed by atoms with Crippen LogP contribution in [0.2, 0.25) is 0 Å². The van der Waals surface area contributed by atoms with E-state index in [2.05, 4.69) is 9.98 Å². The van der Waals surface area contributed by atoms with Crippen LogP contribution in [0.25, 0.3) is 0 Å². The van der Waals surface area contributed by atoms with Crippen LogP contribution in [0, 0.1) is 5.92 Å². The summed E-state index contributed by atoms with van der Waals surface area (Å²) in [5, 5.41) is 0. The van der Waals surface area contributed by atoms with E-state index >= 15 is 0 Å². The van der Waals surface area contributed by atoms with Crippen molar-refractivity contribution in [3.8, 4) is 0 Å². The van der Waals surface area contributed by atoms with Gasteiger partial charge >= 0.3 is 0 Å². The van der Waals surface area contributed by atoms with Crippen molar-refractivity contribution in [1.82, 2.24) is 0 Å². The van der Waals surface area contributed by atoms with Crippen LogP contribution in [0.5, 0.6) is 0 Å². The molecule has 11 heavy (non-hydrogen) atoms. The molecule has 0 aliphatic heterocycles. The fraction of sp³-hybridized carbons (Fsp3) is 0.625. The Kier molecular flexibility index (Phi) is 8.05. The van der Waals surface area contributed by atoms with Gasteiger partial charge in [-0.3, -0.25) is 5.92 Å². The molecule has 2 nitrogen and oxygen atoms in total. The summed E-state index contributed by atoms with van der Waals surface area (Å²) >= 11 is 0. The van der Waals surface area contributed by atoms with E-state index in [1.165, 1.54) is 5.92 Å². The summed E-state index contributed by atoms with van der Waals surface area (Å²) < 4.78 is 0. The van der Waals surface area contributed by atoms with Crippen molar-refractivity contribution in [2.75, 3.05) is 14.1 Å². The largest absolute Gasteiger partial charge is 0.329 e. The van der Waals surface area contributed by atoms with E-state index in [-0.39, 0.29) is 20.4 Å². The van der Waals surface area contributed by atoms with E-state index in [1.807, 2.05) is 20.8 Å². The minimum Gasteiger partial charge on any atom is -0.329 e. The van der Waals surface area contributed by atoms with Crippen molar-refractivity contribution in [3.63, 3.8) is 0 Å². The minimum atomic E-state index is 0. The van der Waals surface area contributed by atoms with Crippen molar-refractivity contribution in [3.05, 3.63) is 5.92 Å². The van der Waals surface area contributed by atoms with Gasteiger partial charge in [0.15, 0.2) is 0 Å². The maximum Gasteiger partial charge on any atom is 0.0246 e. The molecule has 1 radical (unpaired) electrons. The van der Waals surface area contributed by atoms with Gasteiger partial charge < -0.3 is 9.98 Å². The van der Waals surface area contributed by atoms with Gasteiger partial charge in [-0.15, -0.1) is 11.4 Å². The number of aliphatic imine (C=N–C) groups is 2. The molecule has 0 aromatic carbocycles. The van der Waals surface area contributed by atoms with E-state index in [0.29, 0.717) is 0 Å². The zero-order valence-corrected chi connectivity index (χ0v) is 10.5. The molecule has 0 atom stereocenters. The van der Waals surface area contributed by atoms with Crippen LogP contribution in [0.1, 0.15) is 20.8 Å². The van der Waals surface area contributed by atoms with E-state index < -0.39 is 0 Å². The van der Waals surface area contributed by atoms with Gasteiger partial charge in [0.2, 0.25) is 0 Å². The third-order valence-corrected chi connectivity index (χ3v) is 1.76. The Labute approximate surface area is 82.9 Å². The van der Waals surface area contributed by atoms with Crippen molar-refractivity contribution in [1.29, 1.82) is 0 Å². The standard InChI is InChI=1S/C8H15N2.Re/c1-6(7(2)9-4)8(3)10-5;/h1-5H3;/q-1;. The molecule has 0 bridgehead atoms. The first-order valence-corrected chi connectivity index (χ1v) is 3.34. The first-order valence-electron chi connectivity index (χ1n) is 3.34. The van der Waals surface area contributed by atoms with E-state index in [9.17, 15) is 0 Å². The maximum atomic E-state index is 4.06. The second-order valence-corrected chi connectivity index (χ2v) is 2.24. The topological polar surface area (TPSA) is 24.7 Å². The zero-order valence-electron chi connectivity index (χ0n) is 7.77. The van der Waals surface area contributed by atoms with Gasteiger partial charge in [-0.25, -0.2) is 0 Å². The van der Waals surface area contributed by atoms with Gasteiger partial charge in [-0.2, -0.15) is 6.92 Å². The average Bonchev–Trinajstić information content (AvgIpc) is 2.00. The molecular weight excluding hydrogens is 310 g/mol. The molecular formula is C8H15N2Re-. The molecule has 0 fully saturated rings. The second-order valence-electron chi connectivity index (χ2n) is 2.24. The van der Waals surface area contributed by atoms with Crippen molar-refractivity contribution in [2.24, 2.45) is 9.98 Å². The molecule has 0 spiro atoms. The monoisotopic (exact) mass is 326 g/mol. The average molecular weight is 325 g/mol. The minimum absolute atomic E-state index is 0. The van der Waals surface area contributed by atoms with Gasteiger partial charge in [0.1, 0.15) is 0 Å². The molecule has 0 aliphatic carbocycles. The SMILES string of the molecule is CN=C(C)[C-](C)C(C)=NC.[Re]. The Hall–Kier alpha value is -0.128. The third kappa shape index (κ3) is 4.34. The van der Waals surface area contributed by atoms with Gasteiger partial charge in [0.25, 0.3) is 0 Å². The quantitative estimate of drug-likeness (QED) is 0.546. The molecule has 0 aromatic heterocycles. The molecule has 0 aromatic rings. The van der Waals surface area contributed by atoms with Crippen LogP contribution < -0.4 is 0 Å². The summed E-state index contributed by atoms with van der Waals surface area (Å²) in [5.74, 6) is 1.17. The molecule has 65 valence electrons. The third-order valence-electron chi connectivity index (χ3n) is 1.76. The summed E-state index contributed by atoms with van der Waals surface area (Å²) in [5.41, 5.74) is 2.12. The van der Waals surface area contributed by atoms with E-state index in [1.54, 1.807) is 14.1 Å². The number of hydrogen-bond donors (Lipinski definition) is 0. The molecule has 0 N–H and O–H groups in total. The fourth-order valence-electron chi connectivity index (χ4n) is 0.597. The van der Waals surface area contributed by atoms with E-state index in [0.717, 1.165) is 11.4 Å². The zero-order chi connectivity index (χ0) is 8.15. The van der Waals surface area contributed by atoms with Gasteiger partial charge in [-0.1, -0.05) is 13.8 Å². The predicted octanol–water partition coefficient (Wildman–Crippen LogP) is 1.76. The number of hydrogen-bond acceptors (Lipinski definition) is 2. The normalized spacial score (nSPS) is 12.5. The molecule has 0 saturated carbocycles. The number of rotatable bonds is 2. The van der Waals surface area contributed by atoms with Gasteiger partial charge in [0.05, 0.1) is 0 Å². The molecule has 0 amide bonds. The molecule has 0 heterocycles. The Bertz CT molecular complexity index is 143. The van der Waals surface area contributed by atoms with Crippen LogP contribution in [0.15, 0.2) is 9.98 Å². The van der Waals surface area contributed by atoms with Crippen LogP contribution >= 0.6 is 0 Å². The fourth-order valence-corrected chi connectivity index (χ4v) is 0.597. The summed E-state index contributed by atoms with van der Waals surface area (Å²) in [4.78, 5) is 8.11. The first-order chi connectivity index (χ1) is 4.63. The van der Waals surface area contributed by atoms with Gasteiger partial charge in [0, 0.05) is 34.5 Å². The summed E-state index contributed by atoms with van der Waals surface area (Å²) in [7, 11) is 3.59. The van der Waals surface area contributed by atoms with Crippen LogP contribution in [-0.2, 0) is 20.4 Å². The summed E-state index contributed by atoms with van der Waals surface area (Å²) in [6, 6.07) is 0.